The summed E-state index contributed by atoms with van der Waals surface area (Å²) in [5, 5.41) is 17.2. The van der Waals surface area contributed by atoms with Crippen LogP contribution in [0.15, 0.2) is 48.5 Å². The molecule has 0 aliphatic heterocycles. The van der Waals surface area contributed by atoms with Crippen LogP contribution in [-0.4, -0.2) is 35.4 Å². The lowest BCUT2D eigenvalue weighted by Gasteiger charge is -2.09. The summed E-state index contributed by atoms with van der Waals surface area (Å²) in [4.78, 5) is 22.2. The van der Waals surface area contributed by atoms with Crippen molar-refractivity contribution in [3.05, 3.63) is 59.7 Å². The SMILES string of the molecule is O=C(O)COc1ccc(/C(S)=C(/S)c2ccc(OCC(=O)O)cc2)cc1. The largest absolute Gasteiger partial charge is 0.482 e. The molecule has 8 heteroatoms. The Kier molecular flexibility index (Phi) is 6.99. The molecule has 2 aromatic carbocycles. The monoisotopic (exact) mass is 392 g/mol. The van der Waals surface area contributed by atoms with Crippen molar-refractivity contribution < 1.29 is 29.3 Å². The summed E-state index contributed by atoms with van der Waals surface area (Å²) in [5.41, 5.74) is 1.57. The van der Waals surface area contributed by atoms with Gasteiger partial charge < -0.3 is 19.7 Å². The molecule has 6 nitrogen and oxygen atoms in total. The van der Waals surface area contributed by atoms with Crippen LogP contribution in [0.3, 0.4) is 0 Å². The first kappa shape index (κ1) is 19.7. The summed E-state index contributed by atoms with van der Waals surface area (Å²) in [6.45, 7) is -0.811. The van der Waals surface area contributed by atoms with Gasteiger partial charge in [0.2, 0.25) is 0 Å². The van der Waals surface area contributed by atoms with E-state index in [0.29, 0.717) is 21.3 Å². The van der Waals surface area contributed by atoms with E-state index in [-0.39, 0.29) is 0 Å². The lowest BCUT2D eigenvalue weighted by atomic mass is 10.1. The minimum Gasteiger partial charge on any atom is -0.482 e. The molecule has 2 rings (SSSR count). The molecule has 0 unspecified atom stereocenters. The maximum absolute atomic E-state index is 10.5. The molecule has 26 heavy (non-hydrogen) atoms. The summed E-state index contributed by atoms with van der Waals surface area (Å²) in [5.74, 6) is -1.20. The van der Waals surface area contributed by atoms with E-state index in [1.54, 1.807) is 48.5 Å². The van der Waals surface area contributed by atoms with Crippen LogP contribution in [0.4, 0.5) is 0 Å². The smallest absolute Gasteiger partial charge is 0.341 e. The first-order chi connectivity index (χ1) is 12.4. The third-order valence-corrected chi connectivity index (χ3v) is 4.34. The highest BCUT2D eigenvalue weighted by Crippen LogP contribution is 2.33. The second-order valence-corrected chi connectivity index (χ2v) is 6.01. The average Bonchev–Trinajstić information content (AvgIpc) is 2.64. The van der Waals surface area contributed by atoms with Gasteiger partial charge >= 0.3 is 11.9 Å². The molecule has 0 spiro atoms. The van der Waals surface area contributed by atoms with Crippen molar-refractivity contribution in [3.63, 3.8) is 0 Å². The summed E-state index contributed by atoms with van der Waals surface area (Å²) >= 11 is 9.00. The molecular formula is C18H16O6S2. The number of hydrogen-bond acceptors (Lipinski definition) is 6. The van der Waals surface area contributed by atoms with Crippen LogP contribution in [0.25, 0.3) is 9.81 Å². The molecule has 0 saturated carbocycles. The fraction of sp³-hybridized carbons (Fsp3) is 0.111. The van der Waals surface area contributed by atoms with Crippen LogP contribution in [0.1, 0.15) is 11.1 Å². The summed E-state index contributed by atoms with van der Waals surface area (Å²) < 4.78 is 10.2. The maximum Gasteiger partial charge on any atom is 0.341 e. The highest BCUT2D eigenvalue weighted by Gasteiger charge is 2.07. The summed E-state index contributed by atoms with van der Waals surface area (Å²) in [6.07, 6.45) is 0. The Hall–Kier alpha value is -2.58. The van der Waals surface area contributed by atoms with Crippen molar-refractivity contribution in [2.75, 3.05) is 13.2 Å². The van der Waals surface area contributed by atoms with E-state index in [9.17, 15) is 9.59 Å². The van der Waals surface area contributed by atoms with Gasteiger partial charge in [-0.1, -0.05) is 24.3 Å². The molecular weight excluding hydrogens is 376 g/mol. The number of ether oxygens (including phenoxy) is 2. The number of carboxylic acid groups (broad SMARTS) is 2. The molecule has 2 N–H and O–H groups in total. The van der Waals surface area contributed by atoms with Crippen LogP contribution in [-0.2, 0) is 9.59 Å². The normalized spacial score (nSPS) is 11.5. The number of rotatable bonds is 8. The van der Waals surface area contributed by atoms with E-state index in [1.807, 2.05) is 0 Å². The highest BCUT2D eigenvalue weighted by atomic mass is 32.1. The van der Waals surface area contributed by atoms with E-state index in [4.69, 9.17) is 19.7 Å². The van der Waals surface area contributed by atoms with Gasteiger partial charge in [-0.3, -0.25) is 0 Å². The van der Waals surface area contributed by atoms with Gasteiger partial charge in [-0.2, -0.15) is 0 Å². The molecule has 0 aliphatic carbocycles. The van der Waals surface area contributed by atoms with Crippen molar-refractivity contribution in [2.45, 2.75) is 0 Å². The van der Waals surface area contributed by atoms with E-state index in [2.05, 4.69) is 25.3 Å². The number of carbonyl (C=O) groups is 2. The molecule has 0 amide bonds. The molecule has 0 aromatic heterocycles. The van der Waals surface area contributed by atoms with Crippen molar-refractivity contribution >= 4 is 47.0 Å². The van der Waals surface area contributed by atoms with Crippen molar-refractivity contribution in [1.29, 1.82) is 0 Å². The third kappa shape index (κ3) is 5.75. The Labute approximate surface area is 160 Å². The number of hydrogen-bond donors (Lipinski definition) is 4. The Balaban J connectivity index is 2.12. The van der Waals surface area contributed by atoms with Gasteiger partial charge in [0.1, 0.15) is 11.5 Å². The van der Waals surface area contributed by atoms with Gasteiger partial charge in [-0.25, -0.2) is 9.59 Å². The van der Waals surface area contributed by atoms with Crippen LogP contribution in [0.2, 0.25) is 0 Å². The van der Waals surface area contributed by atoms with E-state index in [1.165, 1.54) is 0 Å². The fourth-order valence-electron chi connectivity index (χ4n) is 1.98. The van der Waals surface area contributed by atoms with Crippen LogP contribution >= 0.6 is 25.3 Å². The molecule has 0 fully saturated rings. The van der Waals surface area contributed by atoms with Gasteiger partial charge in [0.25, 0.3) is 0 Å². The Morgan fingerprint density at radius 1 is 0.692 bits per heavy atom. The Morgan fingerprint density at radius 3 is 1.27 bits per heavy atom. The standard InChI is InChI=1S/C18H16O6S2/c19-15(20)9-23-13-5-1-11(2-6-13)17(25)18(26)12-3-7-14(8-4-12)24-10-16(21)22/h1-8,25-26H,9-10H2,(H,19,20)(H,21,22)/b18-17-. The first-order valence-electron chi connectivity index (χ1n) is 7.39. The first-order valence-corrected chi connectivity index (χ1v) is 8.28. The number of thiol groups is 2. The zero-order valence-corrected chi connectivity index (χ0v) is 15.2. The predicted octanol–water partition coefficient (Wildman–Crippen LogP) is 3.30. The van der Waals surface area contributed by atoms with Crippen molar-refractivity contribution in [3.8, 4) is 11.5 Å². The van der Waals surface area contributed by atoms with Gasteiger partial charge in [0.05, 0.1) is 0 Å². The lowest BCUT2D eigenvalue weighted by Crippen LogP contribution is -2.09. The molecule has 136 valence electrons. The van der Waals surface area contributed by atoms with Gasteiger partial charge in [-0.15, -0.1) is 25.3 Å². The molecule has 0 bridgehead atoms. The zero-order chi connectivity index (χ0) is 19.1. The minimum absolute atomic E-state index is 0.406. The summed E-state index contributed by atoms with van der Waals surface area (Å²) in [7, 11) is 0. The van der Waals surface area contributed by atoms with Crippen molar-refractivity contribution in [1.82, 2.24) is 0 Å². The quantitative estimate of drug-likeness (QED) is 0.407. The molecule has 0 saturated heterocycles. The fourth-order valence-corrected chi connectivity index (χ4v) is 2.54. The van der Waals surface area contributed by atoms with Gasteiger partial charge in [0, 0.05) is 9.81 Å². The third-order valence-electron chi connectivity index (χ3n) is 3.20. The Morgan fingerprint density at radius 2 is 1.00 bits per heavy atom. The van der Waals surface area contributed by atoms with Crippen molar-refractivity contribution in [2.24, 2.45) is 0 Å². The molecule has 2 aromatic rings. The second kappa shape index (κ2) is 9.21. The van der Waals surface area contributed by atoms with Gasteiger partial charge in [-0.05, 0) is 35.4 Å². The average molecular weight is 392 g/mol. The van der Waals surface area contributed by atoms with Crippen LogP contribution < -0.4 is 9.47 Å². The topological polar surface area (TPSA) is 93.1 Å². The number of carboxylic acids is 2. The molecule has 0 atom stereocenters. The molecule has 0 heterocycles. The highest BCUT2D eigenvalue weighted by molar-refractivity contribution is 7.96. The lowest BCUT2D eigenvalue weighted by molar-refractivity contribution is -0.140. The minimum atomic E-state index is -1.04. The van der Waals surface area contributed by atoms with E-state index >= 15 is 0 Å². The zero-order valence-electron chi connectivity index (χ0n) is 13.5. The predicted molar refractivity (Wildman–Crippen MR) is 104 cm³/mol. The van der Waals surface area contributed by atoms with Crippen LogP contribution in [0, 0.1) is 0 Å². The van der Waals surface area contributed by atoms with Crippen LogP contribution in [0.5, 0.6) is 11.5 Å². The Bertz CT molecular complexity index is 743. The summed E-state index contributed by atoms with van der Waals surface area (Å²) in [6, 6.07) is 13.6. The van der Waals surface area contributed by atoms with E-state index in [0.717, 1.165) is 11.1 Å². The van der Waals surface area contributed by atoms with E-state index < -0.39 is 25.2 Å². The molecule has 0 aliphatic rings. The number of benzene rings is 2. The van der Waals surface area contributed by atoms with Gasteiger partial charge in [0.15, 0.2) is 13.2 Å². The molecule has 0 radical (unpaired) electrons. The second-order valence-electron chi connectivity index (χ2n) is 5.11. The maximum atomic E-state index is 10.5. The number of aliphatic carboxylic acids is 2.